The Hall–Kier alpha value is -1.90. The molecule has 0 saturated carbocycles. The molecular formula is C15H22ClF2N5O2. The number of anilines is 2. The van der Waals surface area contributed by atoms with Crippen LogP contribution in [0.15, 0.2) is 6.33 Å². The average Bonchev–Trinajstić information content (AvgIpc) is 2.47. The molecule has 1 amide bonds. The fraction of sp³-hybridized carbons (Fsp3) is 0.667. The molecule has 2 heterocycles. The molecule has 1 aliphatic heterocycles. The maximum Gasteiger partial charge on any atom is 0.410 e. The molecule has 2 rings (SSSR count). The summed E-state index contributed by atoms with van der Waals surface area (Å²) in [6.45, 7) is 4.53. The quantitative estimate of drug-likeness (QED) is 0.841. The topological polar surface area (TPSA) is 93.4 Å². The Morgan fingerprint density at radius 3 is 2.80 bits per heavy atom. The lowest BCUT2D eigenvalue weighted by molar-refractivity contribution is -0.106. The van der Waals surface area contributed by atoms with E-state index in [1.54, 1.807) is 20.8 Å². The van der Waals surface area contributed by atoms with Gasteiger partial charge < -0.3 is 20.7 Å². The summed E-state index contributed by atoms with van der Waals surface area (Å²) in [5, 5.41) is 2.88. The van der Waals surface area contributed by atoms with Crippen LogP contribution in [0.5, 0.6) is 0 Å². The first-order valence-electron chi connectivity index (χ1n) is 7.85. The largest absolute Gasteiger partial charge is 0.444 e. The molecule has 1 saturated heterocycles. The molecule has 0 radical (unpaired) electrons. The predicted octanol–water partition coefficient (Wildman–Crippen LogP) is 3.02. The van der Waals surface area contributed by atoms with E-state index < -0.39 is 30.1 Å². The summed E-state index contributed by atoms with van der Waals surface area (Å²) >= 11 is 5.94. The Balaban J connectivity index is 1.96. The summed E-state index contributed by atoms with van der Waals surface area (Å²) in [6.07, 6.45) is 0.592. The van der Waals surface area contributed by atoms with Gasteiger partial charge >= 0.3 is 6.09 Å². The van der Waals surface area contributed by atoms with Crippen molar-refractivity contribution in [3.8, 4) is 0 Å². The molecule has 1 atom stereocenters. The van der Waals surface area contributed by atoms with Gasteiger partial charge in [0.25, 0.3) is 5.92 Å². The number of hydrogen-bond donors (Lipinski definition) is 2. The zero-order valence-corrected chi connectivity index (χ0v) is 15.1. The van der Waals surface area contributed by atoms with Crippen molar-refractivity contribution in [3.63, 3.8) is 0 Å². The van der Waals surface area contributed by atoms with E-state index in [9.17, 15) is 13.6 Å². The molecule has 0 bridgehead atoms. The molecule has 0 aromatic carbocycles. The van der Waals surface area contributed by atoms with E-state index >= 15 is 0 Å². The van der Waals surface area contributed by atoms with Crippen LogP contribution in [0, 0.1) is 5.92 Å². The van der Waals surface area contributed by atoms with Gasteiger partial charge in [0.05, 0.1) is 6.54 Å². The van der Waals surface area contributed by atoms with Crippen molar-refractivity contribution in [3.05, 3.63) is 11.3 Å². The highest BCUT2D eigenvalue weighted by atomic mass is 35.5. The Labute approximate surface area is 149 Å². The number of rotatable bonds is 3. The lowest BCUT2D eigenvalue weighted by Crippen LogP contribution is -2.53. The predicted molar refractivity (Wildman–Crippen MR) is 90.8 cm³/mol. The summed E-state index contributed by atoms with van der Waals surface area (Å²) < 4.78 is 34.0. The fourth-order valence-corrected chi connectivity index (χ4v) is 2.61. The number of nitrogens with one attached hydrogen (secondary N) is 1. The fourth-order valence-electron chi connectivity index (χ4n) is 2.45. The number of nitrogens with zero attached hydrogens (tertiary/aromatic N) is 3. The summed E-state index contributed by atoms with van der Waals surface area (Å²) in [7, 11) is 0. The van der Waals surface area contributed by atoms with Crippen LogP contribution >= 0.6 is 11.6 Å². The number of ether oxygens (including phenoxy) is 1. The third kappa shape index (κ3) is 5.04. The summed E-state index contributed by atoms with van der Waals surface area (Å²) in [5.74, 6) is -3.75. The smallest absolute Gasteiger partial charge is 0.410 e. The Morgan fingerprint density at radius 2 is 2.20 bits per heavy atom. The summed E-state index contributed by atoms with van der Waals surface area (Å²) in [6, 6.07) is 0. The van der Waals surface area contributed by atoms with Gasteiger partial charge in [-0.3, -0.25) is 0 Å². The first-order chi connectivity index (χ1) is 11.5. The van der Waals surface area contributed by atoms with Crippen LogP contribution in [-0.2, 0) is 4.74 Å². The molecule has 1 aliphatic rings. The van der Waals surface area contributed by atoms with E-state index in [4.69, 9.17) is 22.1 Å². The Morgan fingerprint density at radius 1 is 1.52 bits per heavy atom. The van der Waals surface area contributed by atoms with E-state index in [0.29, 0.717) is 0 Å². The molecule has 10 heteroatoms. The maximum absolute atomic E-state index is 14.4. The lowest BCUT2D eigenvalue weighted by Gasteiger charge is -2.38. The SMILES string of the molecule is CC(C)(C)OC(=O)N1CCC(CNc2ncnc(N)c2Cl)C(F)(F)C1. The molecule has 1 unspecified atom stereocenters. The molecule has 1 fully saturated rings. The van der Waals surface area contributed by atoms with Gasteiger partial charge in [0.1, 0.15) is 28.6 Å². The van der Waals surface area contributed by atoms with Gasteiger partial charge in [-0.1, -0.05) is 11.6 Å². The van der Waals surface area contributed by atoms with Crippen molar-refractivity contribution in [1.29, 1.82) is 0 Å². The van der Waals surface area contributed by atoms with Crippen LogP contribution in [0.4, 0.5) is 25.2 Å². The maximum atomic E-state index is 14.4. The van der Waals surface area contributed by atoms with Crippen molar-refractivity contribution < 1.29 is 18.3 Å². The standard InChI is InChI=1S/C15H22ClF2N5O2/c1-14(2,3)25-13(24)23-5-4-9(15(17,18)7-23)6-20-12-10(16)11(19)21-8-22-12/h8-9H,4-7H2,1-3H3,(H3,19,20,21,22). The number of alkyl halides is 2. The molecule has 0 aliphatic carbocycles. The number of carbonyl (C=O) groups excluding carboxylic acids is 1. The normalized spacial score (nSPS) is 20.2. The minimum Gasteiger partial charge on any atom is -0.444 e. The number of nitrogens with two attached hydrogens (primary N) is 1. The van der Waals surface area contributed by atoms with Crippen LogP contribution < -0.4 is 11.1 Å². The van der Waals surface area contributed by atoms with Crippen molar-refractivity contribution in [2.75, 3.05) is 30.7 Å². The second kappa shape index (κ2) is 7.15. The van der Waals surface area contributed by atoms with Gasteiger partial charge in [-0.25, -0.2) is 23.5 Å². The highest BCUT2D eigenvalue weighted by Gasteiger charge is 2.46. The molecule has 3 N–H and O–H groups in total. The molecule has 1 aromatic heterocycles. The number of piperidine rings is 1. The molecule has 7 nitrogen and oxygen atoms in total. The second-order valence-corrected chi connectivity index (χ2v) is 7.33. The first kappa shape index (κ1) is 19.4. The zero-order chi connectivity index (χ0) is 18.8. The molecule has 0 spiro atoms. The summed E-state index contributed by atoms with van der Waals surface area (Å²) in [5.41, 5.74) is 4.83. The number of likely N-dealkylation sites (tertiary alicyclic amines) is 1. The van der Waals surface area contributed by atoms with Crippen LogP contribution in [-0.4, -0.2) is 52.1 Å². The van der Waals surface area contributed by atoms with E-state index in [2.05, 4.69) is 15.3 Å². The third-order valence-electron chi connectivity index (χ3n) is 3.73. The van der Waals surface area contributed by atoms with E-state index in [-0.39, 0.29) is 36.2 Å². The van der Waals surface area contributed by atoms with Gasteiger partial charge in [0, 0.05) is 19.0 Å². The van der Waals surface area contributed by atoms with Gasteiger partial charge in [-0.2, -0.15) is 0 Å². The van der Waals surface area contributed by atoms with E-state index in [0.717, 1.165) is 4.90 Å². The number of halogens is 3. The number of nitrogen functional groups attached to an aromatic ring is 1. The third-order valence-corrected chi connectivity index (χ3v) is 4.10. The minimum absolute atomic E-state index is 0.0503. The average molecular weight is 378 g/mol. The van der Waals surface area contributed by atoms with Crippen LogP contribution in [0.3, 0.4) is 0 Å². The minimum atomic E-state index is -3.06. The monoisotopic (exact) mass is 377 g/mol. The van der Waals surface area contributed by atoms with Crippen molar-refractivity contribution in [1.82, 2.24) is 14.9 Å². The molecule has 25 heavy (non-hydrogen) atoms. The van der Waals surface area contributed by atoms with Crippen molar-refractivity contribution in [2.45, 2.75) is 38.7 Å². The van der Waals surface area contributed by atoms with E-state index in [1.165, 1.54) is 6.33 Å². The number of carbonyl (C=O) groups is 1. The van der Waals surface area contributed by atoms with Gasteiger partial charge in [0.2, 0.25) is 0 Å². The molecule has 140 valence electrons. The Bertz CT molecular complexity index is 639. The second-order valence-electron chi connectivity index (χ2n) is 6.95. The highest BCUT2D eigenvalue weighted by molar-refractivity contribution is 6.35. The lowest BCUT2D eigenvalue weighted by atomic mass is 9.93. The number of hydrogen-bond acceptors (Lipinski definition) is 6. The van der Waals surface area contributed by atoms with Crippen LogP contribution in [0.1, 0.15) is 27.2 Å². The first-order valence-corrected chi connectivity index (χ1v) is 8.23. The van der Waals surface area contributed by atoms with Gasteiger partial charge in [0.15, 0.2) is 0 Å². The summed E-state index contributed by atoms with van der Waals surface area (Å²) in [4.78, 5) is 20.6. The molecule has 1 aromatic rings. The number of aromatic nitrogens is 2. The zero-order valence-electron chi connectivity index (χ0n) is 14.4. The van der Waals surface area contributed by atoms with Gasteiger partial charge in [-0.05, 0) is 27.2 Å². The van der Waals surface area contributed by atoms with E-state index in [1.807, 2.05) is 0 Å². The van der Waals surface area contributed by atoms with Gasteiger partial charge in [-0.15, -0.1) is 0 Å². The Kier molecular flexibility index (Phi) is 5.55. The van der Waals surface area contributed by atoms with Crippen LogP contribution in [0.2, 0.25) is 5.02 Å². The molecular weight excluding hydrogens is 356 g/mol. The highest BCUT2D eigenvalue weighted by Crippen LogP contribution is 2.34. The van der Waals surface area contributed by atoms with Crippen LogP contribution in [0.25, 0.3) is 0 Å². The number of amides is 1. The van der Waals surface area contributed by atoms with Crippen molar-refractivity contribution in [2.24, 2.45) is 5.92 Å². The van der Waals surface area contributed by atoms with Crippen molar-refractivity contribution >= 4 is 29.3 Å².